The zero-order valence-electron chi connectivity index (χ0n) is 7.34. The van der Waals surface area contributed by atoms with Crippen LogP contribution in [0.4, 0.5) is 0 Å². The van der Waals surface area contributed by atoms with Crippen LogP contribution in [0, 0.1) is 0 Å². The SMILES string of the molecule is C=C(C)CNC1CCS(=O)(=O)C1. The number of nitrogens with one attached hydrogen (secondary N) is 1. The summed E-state index contributed by atoms with van der Waals surface area (Å²) in [5, 5.41) is 3.16. The number of rotatable bonds is 3. The van der Waals surface area contributed by atoms with Gasteiger partial charge in [-0.1, -0.05) is 12.2 Å². The van der Waals surface area contributed by atoms with Crippen LogP contribution in [0.1, 0.15) is 13.3 Å². The normalized spacial score (nSPS) is 27.2. The molecule has 1 atom stereocenters. The Morgan fingerprint density at radius 2 is 2.33 bits per heavy atom. The number of sulfone groups is 1. The van der Waals surface area contributed by atoms with Crippen molar-refractivity contribution in [2.45, 2.75) is 19.4 Å². The molecule has 0 aromatic heterocycles. The van der Waals surface area contributed by atoms with Gasteiger partial charge in [-0.3, -0.25) is 0 Å². The van der Waals surface area contributed by atoms with Crippen molar-refractivity contribution in [2.24, 2.45) is 0 Å². The van der Waals surface area contributed by atoms with Crippen LogP contribution >= 0.6 is 0 Å². The van der Waals surface area contributed by atoms with Gasteiger partial charge >= 0.3 is 0 Å². The van der Waals surface area contributed by atoms with Crippen molar-refractivity contribution in [3.8, 4) is 0 Å². The molecule has 1 aliphatic rings. The third-order valence-corrected chi connectivity index (χ3v) is 3.69. The third kappa shape index (κ3) is 2.95. The van der Waals surface area contributed by atoms with Crippen molar-refractivity contribution in [1.29, 1.82) is 0 Å². The van der Waals surface area contributed by atoms with E-state index in [4.69, 9.17) is 0 Å². The lowest BCUT2D eigenvalue weighted by Gasteiger charge is -2.09. The van der Waals surface area contributed by atoms with Gasteiger partial charge in [0.15, 0.2) is 9.84 Å². The molecule has 1 N–H and O–H groups in total. The third-order valence-electron chi connectivity index (χ3n) is 1.92. The quantitative estimate of drug-likeness (QED) is 0.651. The molecule has 0 spiro atoms. The summed E-state index contributed by atoms with van der Waals surface area (Å²) in [5.41, 5.74) is 1.04. The highest BCUT2D eigenvalue weighted by atomic mass is 32.2. The molecule has 0 radical (unpaired) electrons. The first kappa shape index (κ1) is 9.74. The van der Waals surface area contributed by atoms with Gasteiger partial charge in [-0.05, 0) is 13.3 Å². The zero-order valence-corrected chi connectivity index (χ0v) is 8.15. The van der Waals surface area contributed by atoms with Crippen LogP contribution in [0.25, 0.3) is 0 Å². The lowest BCUT2D eigenvalue weighted by molar-refractivity contribution is 0.579. The molecular formula is C8H15NO2S. The van der Waals surface area contributed by atoms with E-state index in [9.17, 15) is 8.42 Å². The van der Waals surface area contributed by atoms with Crippen molar-refractivity contribution >= 4 is 9.84 Å². The minimum Gasteiger partial charge on any atom is -0.309 e. The van der Waals surface area contributed by atoms with E-state index < -0.39 is 9.84 Å². The molecule has 0 aliphatic carbocycles. The van der Waals surface area contributed by atoms with Crippen molar-refractivity contribution in [3.63, 3.8) is 0 Å². The predicted octanol–water partition coefficient (Wildman–Crippen LogP) is 0.339. The summed E-state index contributed by atoms with van der Waals surface area (Å²) in [6.07, 6.45) is 0.746. The van der Waals surface area contributed by atoms with Gasteiger partial charge in [0.25, 0.3) is 0 Å². The van der Waals surface area contributed by atoms with E-state index in [2.05, 4.69) is 11.9 Å². The van der Waals surface area contributed by atoms with Crippen LogP contribution in [-0.2, 0) is 9.84 Å². The van der Waals surface area contributed by atoms with E-state index in [1.165, 1.54) is 0 Å². The first-order valence-corrected chi connectivity index (χ1v) is 5.90. The highest BCUT2D eigenvalue weighted by Gasteiger charge is 2.26. The standard InChI is InChI=1S/C8H15NO2S/c1-7(2)5-9-8-3-4-12(10,11)6-8/h8-9H,1,3-6H2,2H3. The maximum absolute atomic E-state index is 11.0. The Labute approximate surface area is 73.8 Å². The smallest absolute Gasteiger partial charge is 0.151 e. The molecule has 0 amide bonds. The Bertz CT molecular complexity index is 269. The summed E-state index contributed by atoms with van der Waals surface area (Å²) >= 11 is 0. The molecule has 1 aliphatic heterocycles. The maximum atomic E-state index is 11.0. The van der Waals surface area contributed by atoms with Gasteiger partial charge in [0.05, 0.1) is 11.5 Å². The molecular weight excluding hydrogens is 174 g/mol. The second kappa shape index (κ2) is 3.58. The predicted molar refractivity (Wildman–Crippen MR) is 49.9 cm³/mol. The second-order valence-corrected chi connectivity index (χ2v) is 5.67. The van der Waals surface area contributed by atoms with E-state index in [1.807, 2.05) is 6.92 Å². The monoisotopic (exact) mass is 189 g/mol. The minimum absolute atomic E-state index is 0.145. The molecule has 70 valence electrons. The second-order valence-electron chi connectivity index (χ2n) is 3.44. The molecule has 1 rings (SSSR count). The Kier molecular flexibility index (Phi) is 2.90. The van der Waals surface area contributed by atoms with Gasteiger partial charge in [0, 0.05) is 12.6 Å². The molecule has 3 nitrogen and oxygen atoms in total. The van der Waals surface area contributed by atoms with Crippen LogP contribution < -0.4 is 5.32 Å². The summed E-state index contributed by atoms with van der Waals surface area (Å²) < 4.78 is 22.0. The highest BCUT2D eigenvalue weighted by Crippen LogP contribution is 2.10. The van der Waals surface area contributed by atoms with Crippen LogP contribution in [-0.4, -0.2) is 32.5 Å². The molecule has 0 bridgehead atoms. The molecule has 0 aromatic carbocycles. The average molecular weight is 189 g/mol. The summed E-state index contributed by atoms with van der Waals surface area (Å²) in [4.78, 5) is 0. The van der Waals surface area contributed by atoms with Gasteiger partial charge in [-0.25, -0.2) is 8.42 Å². The van der Waals surface area contributed by atoms with E-state index in [0.29, 0.717) is 11.5 Å². The molecule has 1 unspecified atom stereocenters. The summed E-state index contributed by atoms with van der Waals surface area (Å²) in [5.74, 6) is 0.626. The fourth-order valence-corrected chi connectivity index (χ4v) is 2.98. The molecule has 0 saturated carbocycles. The van der Waals surface area contributed by atoms with E-state index in [1.54, 1.807) is 0 Å². The molecule has 12 heavy (non-hydrogen) atoms. The highest BCUT2D eigenvalue weighted by molar-refractivity contribution is 7.91. The van der Waals surface area contributed by atoms with Gasteiger partial charge in [-0.2, -0.15) is 0 Å². The summed E-state index contributed by atoms with van der Waals surface area (Å²) in [6.45, 7) is 6.39. The van der Waals surface area contributed by atoms with Gasteiger partial charge in [-0.15, -0.1) is 0 Å². The number of hydrogen-bond donors (Lipinski definition) is 1. The van der Waals surface area contributed by atoms with E-state index in [0.717, 1.165) is 18.5 Å². The van der Waals surface area contributed by atoms with Crippen LogP contribution in [0.5, 0.6) is 0 Å². The van der Waals surface area contributed by atoms with Gasteiger partial charge < -0.3 is 5.32 Å². The lowest BCUT2D eigenvalue weighted by atomic mass is 10.2. The van der Waals surface area contributed by atoms with Crippen LogP contribution in [0.3, 0.4) is 0 Å². The molecule has 1 saturated heterocycles. The Morgan fingerprint density at radius 3 is 2.75 bits per heavy atom. The Morgan fingerprint density at radius 1 is 1.67 bits per heavy atom. The van der Waals surface area contributed by atoms with Crippen LogP contribution in [0.2, 0.25) is 0 Å². The topological polar surface area (TPSA) is 46.2 Å². The summed E-state index contributed by atoms with van der Waals surface area (Å²) in [6, 6.07) is 0.145. The lowest BCUT2D eigenvalue weighted by Crippen LogP contribution is -2.31. The maximum Gasteiger partial charge on any atom is 0.151 e. The first-order valence-electron chi connectivity index (χ1n) is 4.08. The van der Waals surface area contributed by atoms with Gasteiger partial charge in [0.1, 0.15) is 0 Å². The molecule has 0 aromatic rings. The minimum atomic E-state index is -2.74. The van der Waals surface area contributed by atoms with Crippen molar-refractivity contribution in [1.82, 2.24) is 5.32 Å². The van der Waals surface area contributed by atoms with Crippen molar-refractivity contribution in [2.75, 3.05) is 18.1 Å². The first-order chi connectivity index (χ1) is 5.49. The zero-order chi connectivity index (χ0) is 9.19. The Balaban J connectivity index is 2.34. The van der Waals surface area contributed by atoms with Crippen molar-refractivity contribution in [3.05, 3.63) is 12.2 Å². The summed E-state index contributed by atoms with van der Waals surface area (Å²) in [7, 11) is -2.74. The molecule has 1 heterocycles. The Hall–Kier alpha value is -0.350. The fourth-order valence-electron chi connectivity index (χ4n) is 1.27. The average Bonchev–Trinajstić information content (AvgIpc) is 2.26. The van der Waals surface area contributed by atoms with E-state index in [-0.39, 0.29) is 6.04 Å². The van der Waals surface area contributed by atoms with Crippen molar-refractivity contribution < 1.29 is 8.42 Å². The molecule has 1 fully saturated rings. The van der Waals surface area contributed by atoms with E-state index >= 15 is 0 Å². The van der Waals surface area contributed by atoms with Gasteiger partial charge in [0.2, 0.25) is 0 Å². The fraction of sp³-hybridized carbons (Fsp3) is 0.750. The van der Waals surface area contributed by atoms with Crippen LogP contribution in [0.15, 0.2) is 12.2 Å². The molecule has 4 heteroatoms. The number of hydrogen-bond acceptors (Lipinski definition) is 3. The largest absolute Gasteiger partial charge is 0.309 e.